The lowest BCUT2D eigenvalue weighted by atomic mass is 10.2. The van der Waals surface area contributed by atoms with Crippen molar-refractivity contribution in [3.05, 3.63) is 35.2 Å². The average Bonchev–Trinajstić information content (AvgIpc) is 3.39. The van der Waals surface area contributed by atoms with Crippen molar-refractivity contribution in [2.45, 2.75) is 45.6 Å². The highest BCUT2D eigenvalue weighted by molar-refractivity contribution is 5.90. The van der Waals surface area contributed by atoms with Crippen LogP contribution in [-0.2, 0) is 6.42 Å². The Morgan fingerprint density at radius 2 is 2.00 bits per heavy atom. The minimum atomic E-state index is -0.174. The Kier molecular flexibility index (Phi) is 5.34. The molecule has 1 amide bonds. The van der Waals surface area contributed by atoms with E-state index in [9.17, 15) is 4.79 Å². The van der Waals surface area contributed by atoms with E-state index >= 15 is 0 Å². The van der Waals surface area contributed by atoms with Gasteiger partial charge in [-0.3, -0.25) is 4.79 Å². The summed E-state index contributed by atoms with van der Waals surface area (Å²) in [5.41, 5.74) is 2.99. The lowest BCUT2D eigenvalue weighted by molar-refractivity contribution is 0.0815. The molecule has 1 aliphatic carbocycles. The molecule has 8 nitrogen and oxygen atoms in total. The first-order valence-electron chi connectivity index (χ1n) is 10.3. The monoisotopic (exact) mass is 395 g/mol. The fraction of sp³-hybridized carbons (Fsp3) is 0.571. The summed E-state index contributed by atoms with van der Waals surface area (Å²) in [6.07, 6.45) is 6.34. The zero-order valence-electron chi connectivity index (χ0n) is 17.6. The fourth-order valence-corrected chi connectivity index (χ4v) is 3.70. The van der Waals surface area contributed by atoms with Gasteiger partial charge in [-0.05, 0) is 45.4 Å². The van der Waals surface area contributed by atoms with E-state index in [1.165, 1.54) is 17.7 Å². The van der Waals surface area contributed by atoms with Crippen molar-refractivity contribution in [2.75, 3.05) is 37.4 Å². The normalized spacial score (nSPS) is 18.8. The van der Waals surface area contributed by atoms with E-state index < -0.39 is 0 Å². The number of rotatable bonds is 6. The van der Waals surface area contributed by atoms with E-state index in [1.54, 1.807) is 20.4 Å². The van der Waals surface area contributed by atoms with Crippen molar-refractivity contribution >= 4 is 17.5 Å². The van der Waals surface area contributed by atoms with Crippen LogP contribution in [0.4, 0.5) is 11.6 Å². The summed E-state index contributed by atoms with van der Waals surface area (Å²) in [5, 5.41) is 3.55. The highest BCUT2D eigenvalue weighted by Gasteiger charge is 2.27. The molecule has 0 unspecified atom stereocenters. The zero-order valence-corrected chi connectivity index (χ0v) is 17.6. The number of nitrogens with one attached hydrogen (secondary N) is 1. The summed E-state index contributed by atoms with van der Waals surface area (Å²) >= 11 is 0. The third kappa shape index (κ3) is 4.46. The molecule has 29 heavy (non-hydrogen) atoms. The molecule has 1 atom stereocenters. The van der Waals surface area contributed by atoms with Crippen LogP contribution in [0.3, 0.4) is 0 Å². The summed E-state index contributed by atoms with van der Waals surface area (Å²) in [6.45, 7) is 5.64. The van der Waals surface area contributed by atoms with Gasteiger partial charge in [-0.2, -0.15) is 0 Å². The van der Waals surface area contributed by atoms with Crippen LogP contribution < -0.4 is 10.2 Å². The number of hydrogen-bond acceptors (Lipinski definition) is 7. The number of hydrogen-bond donors (Lipinski definition) is 1. The van der Waals surface area contributed by atoms with Gasteiger partial charge >= 0.3 is 0 Å². The summed E-state index contributed by atoms with van der Waals surface area (Å²) in [5.74, 6) is 2.63. The third-order valence-corrected chi connectivity index (χ3v) is 5.72. The van der Waals surface area contributed by atoms with Gasteiger partial charge < -0.3 is 15.1 Å². The zero-order chi connectivity index (χ0) is 20.5. The summed E-state index contributed by atoms with van der Waals surface area (Å²) in [7, 11) is 3.44. The Morgan fingerprint density at radius 1 is 1.21 bits per heavy atom. The second-order valence-corrected chi connectivity index (χ2v) is 8.40. The molecule has 2 fully saturated rings. The molecule has 2 aromatic heterocycles. The van der Waals surface area contributed by atoms with Gasteiger partial charge in [-0.15, -0.1) is 0 Å². The summed E-state index contributed by atoms with van der Waals surface area (Å²) in [6, 6.07) is 2.36. The van der Waals surface area contributed by atoms with Gasteiger partial charge in [0.05, 0.1) is 0 Å². The van der Waals surface area contributed by atoms with Crippen molar-refractivity contribution in [3.63, 3.8) is 0 Å². The molecule has 1 aliphatic heterocycles. The number of amides is 1. The lowest BCUT2D eigenvalue weighted by Gasteiger charge is -2.22. The first-order valence-corrected chi connectivity index (χ1v) is 10.3. The SMILES string of the molecule is Cc1nc(C(=O)N(C)C)nc(N2CC[C@@H](Nc3cc(CC4CC4)ncn3)C2)c1C. The van der Waals surface area contributed by atoms with Gasteiger partial charge in [0.25, 0.3) is 5.91 Å². The smallest absolute Gasteiger partial charge is 0.291 e. The van der Waals surface area contributed by atoms with E-state index in [1.807, 2.05) is 13.8 Å². The van der Waals surface area contributed by atoms with Crippen LogP contribution in [0.5, 0.6) is 0 Å². The number of aromatic nitrogens is 4. The molecule has 154 valence electrons. The molecule has 1 saturated heterocycles. The Morgan fingerprint density at radius 3 is 2.72 bits per heavy atom. The molecular formula is C21H29N7O. The molecule has 3 heterocycles. The predicted molar refractivity (Wildman–Crippen MR) is 112 cm³/mol. The Balaban J connectivity index is 1.46. The Hall–Kier alpha value is -2.77. The molecule has 1 saturated carbocycles. The molecule has 2 aliphatic rings. The third-order valence-electron chi connectivity index (χ3n) is 5.72. The van der Waals surface area contributed by atoms with Crippen molar-refractivity contribution in [1.29, 1.82) is 0 Å². The van der Waals surface area contributed by atoms with E-state index in [4.69, 9.17) is 0 Å². The molecular weight excluding hydrogens is 366 g/mol. The second-order valence-electron chi connectivity index (χ2n) is 8.40. The van der Waals surface area contributed by atoms with Crippen molar-refractivity contribution in [1.82, 2.24) is 24.8 Å². The molecule has 0 aromatic carbocycles. The first kappa shape index (κ1) is 19.5. The Labute approximate surface area is 171 Å². The van der Waals surface area contributed by atoms with Crippen LogP contribution >= 0.6 is 0 Å². The largest absolute Gasteiger partial charge is 0.365 e. The van der Waals surface area contributed by atoms with Crippen molar-refractivity contribution in [2.24, 2.45) is 5.92 Å². The quantitative estimate of drug-likeness (QED) is 0.802. The first-order chi connectivity index (χ1) is 13.9. The standard InChI is InChI=1S/C21H29N7O/c1-13-14(2)24-19(21(29)27(3)4)26-20(13)28-8-7-16(11-28)25-18-10-17(22-12-23-18)9-15-5-6-15/h10,12,15-16H,5-9,11H2,1-4H3,(H,22,23,25)/t16-/m1/s1. The van der Waals surface area contributed by atoms with Crippen LogP contribution in [0.2, 0.25) is 0 Å². The van der Waals surface area contributed by atoms with E-state index in [2.05, 4.69) is 36.2 Å². The van der Waals surface area contributed by atoms with Gasteiger partial charge in [-0.1, -0.05) is 0 Å². The van der Waals surface area contributed by atoms with E-state index in [-0.39, 0.29) is 17.8 Å². The molecule has 2 aromatic rings. The molecule has 0 spiro atoms. The average molecular weight is 396 g/mol. The number of nitrogens with zero attached hydrogens (tertiary/aromatic N) is 6. The number of carbonyl (C=O) groups is 1. The topological polar surface area (TPSA) is 87.1 Å². The minimum absolute atomic E-state index is 0.174. The van der Waals surface area contributed by atoms with Gasteiger partial charge in [-0.25, -0.2) is 19.9 Å². The summed E-state index contributed by atoms with van der Waals surface area (Å²) < 4.78 is 0. The lowest BCUT2D eigenvalue weighted by Crippen LogP contribution is -2.30. The number of anilines is 2. The van der Waals surface area contributed by atoms with Crippen molar-refractivity contribution in [3.8, 4) is 0 Å². The van der Waals surface area contributed by atoms with Crippen LogP contribution in [0, 0.1) is 19.8 Å². The number of aryl methyl sites for hydroxylation is 1. The highest BCUT2D eigenvalue weighted by Crippen LogP contribution is 2.32. The van der Waals surface area contributed by atoms with Crippen LogP contribution in [0.1, 0.15) is 46.8 Å². The molecule has 0 bridgehead atoms. The Bertz CT molecular complexity index is 910. The van der Waals surface area contributed by atoms with Gasteiger partial charge in [0.15, 0.2) is 0 Å². The fourth-order valence-electron chi connectivity index (χ4n) is 3.70. The van der Waals surface area contributed by atoms with E-state index in [0.717, 1.165) is 60.4 Å². The second kappa shape index (κ2) is 7.93. The molecule has 0 radical (unpaired) electrons. The van der Waals surface area contributed by atoms with Crippen LogP contribution in [0.15, 0.2) is 12.4 Å². The predicted octanol–water partition coefficient (Wildman–Crippen LogP) is 2.23. The summed E-state index contributed by atoms with van der Waals surface area (Å²) in [4.78, 5) is 33.9. The maximum atomic E-state index is 12.3. The van der Waals surface area contributed by atoms with Crippen LogP contribution in [-0.4, -0.2) is 64.0 Å². The van der Waals surface area contributed by atoms with E-state index in [0.29, 0.717) is 0 Å². The maximum Gasteiger partial charge on any atom is 0.291 e. The molecule has 8 heteroatoms. The van der Waals surface area contributed by atoms with Crippen molar-refractivity contribution < 1.29 is 4.79 Å². The van der Waals surface area contributed by atoms with Gasteiger partial charge in [0.1, 0.15) is 18.0 Å². The molecule has 1 N–H and O–H groups in total. The number of carbonyl (C=O) groups excluding carboxylic acids is 1. The maximum absolute atomic E-state index is 12.3. The molecule has 4 rings (SSSR count). The minimum Gasteiger partial charge on any atom is -0.365 e. The van der Waals surface area contributed by atoms with Gasteiger partial charge in [0, 0.05) is 56.2 Å². The highest BCUT2D eigenvalue weighted by atomic mass is 16.2. The van der Waals surface area contributed by atoms with Crippen LogP contribution in [0.25, 0.3) is 0 Å². The van der Waals surface area contributed by atoms with Gasteiger partial charge in [0.2, 0.25) is 5.82 Å².